The lowest BCUT2D eigenvalue weighted by Crippen LogP contribution is -2.53. The van der Waals surface area contributed by atoms with Gasteiger partial charge < -0.3 is 30.2 Å². The Morgan fingerprint density at radius 3 is 2.71 bits per heavy atom. The molecule has 3 unspecified atom stereocenters. The predicted molar refractivity (Wildman–Crippen MR) is 134 cm³/mol. The van der Waals surface area contributed by atoms with E-state index in [1.54, 1.807) is 14.0 Å². The van der Waals surface area contributed by atoms with Gasteiger partial charge in [-0.05, 0) is 50.5 Å². The number of morpholine rings is 1. The molecule has 3 aliphatic heterocycles. The highest BCUT2D eigenvalue weighted by molar-refractivity contribution is 5.84. The Morgan fingerprint density at radius 1 is 1.26 bits per heavy atom. The lowest BCUT2D eigenvalue weighted by molar-refractivity contribution is -0.133. The average Bonchev–Trinajstić information content (AvgIpc) is 2.89. The highest BCUT2D eigenvalue weighted by Crippen LogP contribution is 2.48. The molecule has 35 heavy (non-hydrogen) atoms. The van der Waals surface area contributed by atoms with Crippen molar-refractivity contribution in [1.29, 1.82) is 0 Å². The molecule has 0 aromatic heterocycles. The van der Waals surface area contributed by atoms with Crippen LogP contribution < -0.4 is 20.5 Å². The van der Waals surface area contributed by atoms with Gasteiger partial charge in [0.25, 0.3) is 5.91 Å². The quantitative estimate of drug-likeness (QED) is 0.663. The van der Waals surface area contributed by atoms with Gasteiger partial charge in [0.2, 0.25) is 0 Å². The summed E-state index contributed by atoms with van der Waals surface area (Å²) in [4.78, 5) is 17.3. The van der Waals surface area contributed by atoms with Crippen LogP contribution in [0.25, 0.3) is 0 Å². The summed E-state index contributed by atoms with van der Waals surface area (Å²) in [5.74, 6) is 1.14. The number of allylic oxidation sites excluding steroid dienone is 1. The smallest absolute Gasteiger partial charge is 0.261 e. The van der Waals surface area contributed by atoms with Gasteiger partial charge in [-0.25, -0.2) is 0 Å². The minimum atomic E-state index is -1.03. The molecule has 2 fully saturated rings. The van der Waals surface area contributed by atoms with Gasteiger partial charge in [0.15, 0.2) is 5.60 Å². The molecule has 8 heteroatoms. The second-order valence-electron chi connectivity index (χ2n) is 10.3. The van der Waals surface area contributed by atoms with Crippen molar-refractivity contribution < 1.29 is 19.0 Å². The summed E-state index contributed by atoms with van der Waals surface area (Å²) < 4.78 is 17.9. The Hall–Kier alpha value is -2.55. The van der Waals surface area contributed by atoms with Crippen LogP contribution >= 0.6 is 0 Å². The molecule has 3 atom stereocenters. The molecule has 5 rings (SSSR count). The summed E-state index contributed by atoms with van der Waals surface area (Å²) in [5, 5.41) is 3.48. The fourth-order valence-electron chi connectivity index (χ4n) is 5.85. The summed E-state index contributed by atoms with van der Waals surface area (Å²) in [6.07, 6.45) is 9.01. The summed E-state index contributed by atoms with van der Waals surface area (Å²) in [6.45, 7) is 10.1. The van der Waals surface area contributed by atoms with Crippen molar-refractivity contribution in [1.82, 2.24) is 15.1 Å². The third-order valence-electron chi connectivity index (χ3n) is 8.12. The van der Waals surface area contributed by atoms with Crippen LogP contribution in [0.3, 0.4) is 0 Å². The number of carbonyl (C=O) groups is 1. The molecule has 1 aromatic carbocycles. The normalized spacial score (nSPS) is 31.3. The maximum absolute atomic E-state index is 12.3. The number of primary amides is 1. The van der Waals surface area contributed by atoms with Crippen LogP contribution in [0.5, 0.6) is 11.5 Å². The number of carbonyl (C=O) groups excluding carboxylic acids is 1. The topological polar surface area (TPSA) is 89.3 Å². The molecule has 4 aliphatic rings. The van der Waals surface area contributed by atoms with Crippen LogP contribution in [0.1, 0.15) is 37.8 Å². The lowest BCUT2D eigenvalue weighted by atomic mass is 9.78. The maximum Gasteiger partial charge on any atom is 0.261 e. The van der Waals surface area contributed by atoms with Gasteiger partial charge in [-0.15, -0.1) is 0 Å². The van der Waals surface area contributed by atoms with Crippen LogP contribution in [0.2, 0.25) is 0 Å². The molecule has 0 saturated carbocycles. The Morgan fingerprint density at radius 2 is 2.06 bits per heavy atom. The lowest BCUT2D eigenvalue weighted by Gasteiger charge is -2.48. The summed E-state index contributed by atoms with van der Waals surface area (Å²) in [5.41, 5.74) is 7.68. The zero-order valence-corrected chi connectivity index (χ0v) is 21.1. The number of fused-ring (bicyclic) bond motifs is 1. The Bertz CT molecular complexity index is 1030. The molecule has 0 spiro atoms. The van der Waals surface area contributed by atoms with E-state index in [0.29, 0.717) is 32.1 Å². The molecule has 3 N–H and O–H groups in total. The number of amides is 1. The van der Waals surface area contributed by atoms with E-state index in [1.165, 1.54) is 5.70 Å². The Kier molecular flexibility index (Phi) is 6.55. The van der Waals surface area contributed by atoms with Gasteiger partial charge in [-0.1, -0.05) is 12.2 Å². The molecule has 3 heterocycles. The third kappa shape index (κ3) is 4.32. The Balaban J connectivity index is 1.60. The standard InChI is InChI=1S/C27H38N4O4/c1-19-18-29-10-11-31(19)21-5-8-27(9-6-21,30-12-14-34-15-13-30)23-17-22(33-3)16-20-4-7-26(2,25(28)32)35-24(20)23/h5-6,8,16-17,19,29H,4,7,9-15,18H2,1-3H3,(H2,28,32). The zero-order chi connectivity index (χ0) is 24.6. The first kappa shape index (κ1) is 24.2. The number of rotatable bonds is 5. The van der Waals surface area contributed by atoms with Crippen molar-refractivity contribution in [3.05, 3.63) is 47.2 Å². The van der Waals surface area contributed by atoms with E-state index in [0.717, 1.165) is 61.8 Å². The highest BCUT2D eigenvalue weighted by atomic mass is 16.5. The van der Waals surface area contributed by atoms with Crippen molar-refractivity contribution in [3.8, 4) is 11.5 Å². The minimum Gasteiger partial charge on any atom is -0.497 e. The van der Waals surface area contributed by atoms with E-state index >= 15 is 0 Å². The number of hydrogen-bond donors (Lipinski definition) is 2. The van der Waals surface area contributed by atoms with E-state index in [2.05, 4.69) is 46.3 Å². The summed E-state index contributed by atoms with van der Waals surface area (Å²) in [7, 11) is 1.70. The number of aryl methyl sites for hydroxylation is 1. The molecule has 0 radical (unpaired) electrons. The largest absolute Gasteiger partial charge is 0.497 e. The van der Waals surface area contributed by atoms with Gasteiger partial charge in [-0.3, -0.25) is 9.69 Å². The molecule has 0 bridgehead atoms. The number of methoxy groups -OCH3 is 1. The monoisotopic (exact) mass is 482 g/mol. The van der Waals surface area contributed by atoms with E-state index in [1.807, 2.05) is 6.07 Å². The number of nitrogens with two attached hydrogens (primary N) is 1. The Labute approximate surface area is 208 Å². The van der Waals surface area contributed by atoms with Gasteiger partial charge in [0.05, 0.1) is 25.9 Å². The van der Waals surface area contributed by atoms with E-state index in [4.69, 9.17) is 19.9 Å². The molecule has 8 nitrogen and oxygen atoms in total. The van der Waals surface area contributed by atoms with E-state index in [9.17, 15) is 4.79 Å². The van der Waals surface area contributed by atoms with Crippen LogP contribution in [0.15, 0.2) is 36.1 Å². The SMILES string of the molecule is COc1cc2c(c(C3(N4CCOCC4)C=CC(N4CCNCC4C)=CC3)c1)OC(C)(C(N)=O)CC2. The van der Waals surface area contributed by atoms with Crippen LogP contribution in [0, 0.1) is 0 Å². The molecule has 190 valence electrons. The minimum absolute atomic E-state index is 0.431. The van der Waals surface area contributed by atoms with E-state index in [-0.39, 0.29) is 0 Å². The number of nitrogens with one attached hydrogen (secondary N) is 1. The molecule has 1 aliphatic carbocycles. The predicted octanol–water partition coefficient (Wildman–Crippen LogP) is 1.93. The zero-order valence-electron chi connectivity index (χ0n) is 21.1. The fraction of sp³-hybridized carbons (Fsp3) is 0.593. The van der Waals surface area contributed by atoms with Crippen LogP contribution in [-0.2, 0) is 21.5 Å². The molecular weight excluding hydrogens is 444 g/mol. The molecule has 1 aromatic rings. The highest BCUT2D eigenvalue weighted by Gasteiger charge is 2.45. The van der Waals surface area contributed by atoms with Crippen molar-refractivity contribution in [2.24, 2.45) is 5.73 Å². The second kappa shape index (κ2) is 9.48. The maximum atomic E-state index is 12.3. The molecular formula is C27H38N4O4. The number of nitrogens with zero attached hydrogens (tertiary/aromatic N) is 2. The first-order chi connectivity index (χ1) is 16.9. The fourth-order valence-corrected chi connectivity index (χ4v) is 5.85. The summed E-state index contributed by atoms with van der Waals surface area (Å²) in [6, 6.07) is 4.56. The van der Waals surface area contributed by atoms with Gasteiger partial charge >= 0.3 is 0 Å². The van der Waals surface area contributed by atoms with Crippen molar-refractivity contribution in [3.63, 3.8) is 0 Å². The first-order valence-corrected chi connectivity index (χ1v) is 12.8. The van der Waals surface area contributed by atoms with Crippen molar-refractivity contribution >= 4 is 5.91 Å². The number of benzene rings is 1. The number of piperazine rings is 1. The number of ether oxygens (including phenoxy) is 3. The van der Waals surface area contributed by atoms with Gasteiger partial charge in [0, 0.05) is 56.4 Å². The summed E-state index contributed by atoms with van der Waals surface area (Å²) >= 11 is 0. The van der Waals surface area contributed by atoms with Gasteiger partial charge in [-0.2, -0.15) is 0 Å². The number of hydrogen-bond acceptors (Lipinski definition) is 7. The molecule has 1 amide bonds. The van der Waals surface area contributed by atoms with Crippen molar-refractivity contribution in [2.75, 3.05) is 53.0 Å². The first-order valence-electron chi connectivity index (χ1n) is 12.8. The van der Waals surface area contributed by atoms with Gasteiger partial charge in [0.1, 0.15) is 11.5 Å². The van der Waals surface area contributed by atoms with Crippen LogP contribution in [0.4, 0.5) is 0 Å². The second-order valence-corrected chi connectivity index (χ2v) is 10.3. The van der Waals surface area contributed by atoms with Crippen LogP contribution in [-0.4, -0.2) is 80.4 Å². The average molecular weight is 483 g/mol. The molecule has 2 saturated heterocycles. The van der Waals surface area contributed by atoms with Crippen molar-refractivity contribution in [2.45, 2.75) is 50.3 Å². The van der Waals surface area contributed by atoms with E-state index < -0.39 is 17.0 Å². The third-order valence-corrected chi connectivity index (χ3v) is 8.12.